The molecule has 2 aromatic rings. The Hall–Kier alpha value is -2.54. The molecule has 7 heteroatoms. The second-order valence-electron chi connectivity index (χ2n) is 6.01. The lowest BCUT2D eigenvalue weighted by Crippen LogP contribution is -2.30. The van der Waals surface area contributed by atoms with Gasteiger partial charge in [-0.3, -0.25) is 14.9 Å². The Bertz CT molecular complexity index is 775. The molecule has 0 aromatic heterocycles. The topological polar surface area (TPSA) is 66.7 Å². The summed E-state index contributed by atoms with van der Waals surface area (Å²) in [4.78, 5) is 27.0. The van der Waals surface area contributed by atoms with Crippen LogP contribution < -0.4 is 4.90 Å². The van der Waals surface area contributed by atoms with Crippen molar-refractivity contribution in [3.63, 3.8) is 0 Å². The van der Waals surface area contributed by atoms with Crippen LogP contribution >= 0.6 is 11.8 Å². The van der Waals surface area contributed by atoms with Crippen LogP contribution in [0.15, 0.2) is 48.5 Å². The number of nitro groups is 1. The van der Waals surface area contributed by atoms with Gasteiger partial charge in [-0.25, -0.2) is 0 Å². The first-order valence-electron chi connectivity index (χ1n) is 7.91. The zero-order valence-electron chi connectivity index (χ0n) is 14.1. The van der Waals surface area contributed by atoms with Gasteiger partial charge in [0.15, 0.2) is 0 Å². The second kappa shape index (κ2) is 7.14. The molecule has 1 amide bonds. The average molecular weight is 357 g/mol. The van der Waals surface area contributed by atoms with Crippen molar-refractivity contribution in [3.8, 4) is 0 Å². The van der Waals surface area contributed by atoms with Crippen molar-refractivity contribution in [1.29, 1.82) is 0 Å². The molecule has 0 saturated carbocycles. The molecule has 3 rings (SSSR count). The van der Waals surface area contributed by atoms with E-state index < -0.39 is 4.92 Å². The molecule has 0 radical (unpaired) electrons. The number of rotatable bonds is 4. The lowest BCUT2D eigenvalue weighted by molar-refractivity contribution is -0.384. The molecule has 1 aliphatic rings. The maximum atomic E-state index is 12.8. The molecule has 6 nitrogen and oxygen atoms in total. The fourth-order valence-electron chi connectivity index (χ4n) is 2.78. The SMILES string of the molecule is CN(C)c1ccc([C@@H]2SCCN2C(=O)c2ccc([N+](=O)[O-])cc2)cc1. The molecule has 1 atom stereocenters. The van der Waals surface area contributed by atoms with Crippen molar-refractivity contribution in [2.24, 2.45) is 0 Å². The van der Waals surface area contributed by atoms with Gasteiger partial charge < -0.3 is 9.80 Å². The van der Waals surface area contributed by atoms with Gasteiger partial charge in [-0.05, 0) is 29.8 Å². The average Bonchev–Trinajstić information content (AvgIpc) is 3.11. The molecule has 0 N–H and O–H groups in total. The quantitative estimate of drug-likeness (QED) is 0.618. The number of hydrogen-bond acceptors (Lipinski definition) is 5. The van der Waals surface area contributed by atoms with E-state index in [0.717, 1.165) is 17.0 Å². The lowest BCUT2D eigenvalue weighted by atomic mass is 10.1. The van der Waals surface area contributed by atoms with E-state index in [1.54, 1.807) is 11.8 Å². The summed E-state index contributed by atoms with van der Waals surface area (Å²) in [5.74, 6) is 0.778. The van der Waals surface area contributed by atoms with E-state index >= 15 is 0 Å². The number of benzene rings is 2. The fourth-order valence-corrected chi connectivity index (χ4v) is 4.04. The molecular weight excluding hydrogens is 338 g/mol. The molecule has 0 unspecified atom stereocenters. The number of nitro benzene ring substituents is 1. The predicted octanol–water partition coefficient (Wildman–Crippen LogP) is 3.55. The summed E-state index contributed by atoms with van der Waals surface area (Å²) >= 11 is 1.73. The smallest absolute Gasteiger partial charge is 0.269 e. The van der Waals surface area contributed by atoms with Crippen LogP contribution in [0.2, 0.25) is 0 Å². The normalized spacial score (nSPS) is 16.7. The van der Waals surface area contributed by atoms with Gasteiger partial charge in [0.2, 0.25) is 0 Å². The summed E-state index contributed by atoms with van der Waals surface area (Å²) in [6.45, 7) is 0.667. The number of amides is 1. The summed E-state index contributed by atoms with van der Waals surface area (Å²) in [7, 11) is 3.98. The van der Waals surface area contributed by atoms with Crippen molar-refractivity contribution in [1.82, 2.24) is 4.90 Å². The predicted molar refractivity (Wildman–Crippen MR) is 100 cm³/mol. The van der Waals surface area contributed by atoms with Crippen molar-refractivity contribution >= 4 is 29.0 Å². The van der Waals surface area contributed by atoms with Gasteiger partial charge in [0.25, 0.3) is 11.6 Å². The molecule has 2 aromatic carbocycles. The zero-order chi connectivity index (χ0) is 18.0. The van der Waals surface area contributed by atoms with Crippen LogP contribution in [0.4, 0.5) is 11.4 Å². The van der Waals surface area contributed by atoms with Crippen LogP contribution in [0.3, 0.4) is 0 Å². The molecule has 25 heavy (non-hydrogen) atoms. The van der Waals surface area contributed by atoms with Gasteiger partial charge in [0, 0.05) is 49.8 Å². The molecule has 1 saturated heterocycles. The minimum atomic E-state index is -0.463. The number of anilines is 1. The third-order valence-electron chi connectivity index (χ3n) is 4.17. The van der Waals surface area contributed by atoms with Gasteiger partial charge in [0.05, 0.1) is 4.92 Å². The summed E-state index contributed by atoms with van der Waals surface area (Å²) in [5.41, 5.74) is 2.66. The first kappa shape index (κ1) is 17.3. The van der Waals surface area contributed by atoms with Gasteiger partial charge in [-0.15, -0.1) is 11.8 Å². The highest BCUT2D eigenvalue weighted by Crippen LogP contribution is 2.39. The van der Waals surface area contributed by atoms with Gasteiger partial charge in [-0.1, -0.05) is 12.1 Å². The van der Waals surface area contributed by atoms with Gasteiger partial charge >= 0.3 is 0 Å². The molecule has 0 spiro atoms. The minimum Gasteiger partial charge on any atom is -0.378 e. The summed E-state index contributed by atoms with van der Waals surface area (Å²) in [6.07, 6.45) is 0. The van der Waals surface area contributed by atoms with E-state index in [2.05, 4.69) is 12.1 Å². The molecule has 1 fully saturated rings. The third kappa shape index (κ3) is 3.61. The first-order valence-corrected chi connectivity index (χ1v) is 8.96. The van der Waals surface area contributed by atoms with E-state index in [9.17, 15) is 14.9 Å². The van der Waals surface area contributed by atoms with E-state index in [4.69, 9.17) is 0 Å². The highest BCUT2D eigenvalue weighted by Gasteiger charge is 2.31. The number of thioether (sulfide) groups is 1. The Kier molecular flexibility index (Phi) is 4.94. The largest absolute Gasteiger partial charge is 0.378 e. The van der Waals surface area contributed by atoms with Crippen LogP contribution in [0.1, 0.15) is 21.3 Å². The van der Waals surface area contributed by atoms with Crippen molar-refractivity contribution in [2.45, 2.75) is 5.37 Å². The molecule has 0 bridgehead atoms. The van der Waals surface area contributed by atoms with Crippen LogP contribution in [-0.2, 0) is 0 Å². The van der Waals surface area contributed by atoms with Crippen LogP contribution in [0, 0.1) is 10.1 Å². The molecule has 130 valence electrons. The van der Waals surface area contributed by atoms with Crippen molar-refractivity contribution in [3.05, 3.63) is 69.8 Å². The Labute approximate surface area is 150 Å². The highest BCUT2D eigenvalue weighted by atomic mass is 32.2. The van der Waals surface area contributed by atoms with E-state index in [-0.39, 0.29) is 17.0 Å². The monoisotopic (exact) mass is 357 g/mol. The summed E-state index contributed by atoms with van der Waals surface area (Å²) < 4.78 is 0. The fraction of sp³-hybridized carbons (Fsp3) is 0.278. The molecule has 1 aliphatic heterocycles. The number of non-ortho nitro benzene ring substituents is 1. The second-order valence-corrected chi connectivity index (χ2v) is 7.20. The maximum absolute atomic E-state index is 12.8. The number of carbonyl (C=O) groups is 1. The highest BCUT2D eigenvalue weighted by molar-refractivity contribution is 7.99. The Morgan fingerprint density at radius 3 is 2.36 bits per heavy atom. The first-order chi connectivity index (χ1) is 12.0. The zero-order valence-corrected chi connectivity index (χ0v) is 14.9. The van der Waals surface area contributed by atoms with Gasteiger partial charge in [0.1, 0.15) is 5.37 Å². The molecule has 1 heterocycles. The number of carbonyl (C=O) groups excluding carboxylic acids is 1. The van der Waals surface area contributed by atoms with Crippen LogP contribution in [-0.4, -0.2) is 42.1 Å². The Morgan fingerprint density at radius 1 is 1.16 bits per heavy atom. The number of hydrogen-bond donors (Lipinski definition) is 0. The van der Waals surface area contributed by atoms with E-state index in [0.29, 0.717) is 12.1 Å². The minimum absolute atomic E-state index is 0.0110. The van der Waals surface area contributed by atoms with Crippen molar-refractivity contribution in [2.75, 3.05) is 31.3 Å². The number of nitrogens with zero attached hydrogens (tertiary/aromatic N) is 3. The Morgan fingerprint density at radius 2 is 1.80 bits per heavy atom. The summed E-state index contributed by atoms with van der Waals surface area (Å²) in [6, 6.07) is 14.0. The summed E-state index contributed by atoms with van der Waals surface area (Å²) in [5, 5.41) is 10.7. The lowest BCUT2D eigenvalue weighted by Gasteiger charge is -2.24. The molecule has 0 aliphatic carbocycles. The molecular formula is C18H19N3O3S. The Balaban J connectivity index is 1.80. The van der Waals surface area contributed by atoms with Gasteiger partial charge in [-0.2, -0.15) is 0 Å². The standard InChI is InChI=1S/C18H19N3O3S/c1-19(2)15-7-5-14(6-8-15)18-20(11-12-25-18)17(22)13-3-9-16(10-4-13)21(23)24/h3-10,18H,11-12H2,1-2H3/t18-/m0/s1. The maximum Gasteiger partial charge on any atom is 0.269 e. The van der Waals surface area contributed by atoms with Crippen LogP contribution in [0.5, 0.6) is 0 Å². The van der Waals surface area contributed by atoms with E-state index in [1.807, 2.05) is 36.0 Å². The third-order valence-corrected chi connectivity index (χ3v) is 5.43. The van der Waals surface area contributed by atoms with Crippen molar-refractivity contribution < 1.29 is 9.72 Å². The van der Waals surface area contributed by atoms with E-state index in [1.165, 1.54) is 24.3 Å². The van der Waals surface area contributed by atoms with Crippen LogP contribution in [0.25, 0.3) is 0 Å².